The molecular formula is C15H17BO2-. The van der Waals surface area contributed by atoms with E-state index in [1.54, 1.807) is 0 Å². The molecule has 1 radical (unpaired) electrons. The molecule has 0 unspecified atom stereocenters. The molecule has 93 valence electrons. The fourth-order valence-electron chi connectivity index (χ4n) is 1.43. The average molecular weight is 240 g/mol. The number of hydrogen-bond donors (Lipinski definition) is 0. The highest BCUT2D eigenvalue weighted by atomic mass is 16.5. The van der Waals surface area contributed by atoms with Crippen molar-refractivity contribution in [1.82, 2.24) is 0 Å². The fraction of sp³-hybridized carbons (Fsp3) is 0.200. The van der Waals surface area contributed by atoms with Crippen molar-refractivity contribution in [2.24, 2.45) is 0 Å². The molecule has 0 bridgehead atoms. The molecule has 0 saturated heterocycles. The smallest absolute Gasteiger partial charge is 0.163 e. The van der Waals surface area contributed by atoms with Gasteiger partial charge in [0.25, 0.3) is 0 Å². The Balaban J connectivity index is 0.000000232. The third-order valence-corrected chi connectivity index (χ3v) is 2.27. The lowest BCUT2D eigenvalue weighted by Crippen LogP contribution is -2.15. The second-order valence-corrected chi connectivity index (χ2v) is 3.70. The predicted molar refractivity (Wildman–Crippen MR) is 73.9 cm³/mol. The summed E-state index contributed by atoms with van der Waals surface area (Å²) in [5.74, 6) is 0. The van der Waals surface area contributed by atoms with Crippen LogP contribution in [0.5, 0.6) is 0 Å². The second kappa shape index (κ2) is 9.45. The van der Waals surface area contributed by atoms with Gasteiger partial charge in [-0.2, -0.15) is 0 Å². The van der Waals surface area contributed by atoms with Crippen LogP contribution in [-0.4, -0.2) is 14.3 Å². The zero-order valence-corrected chi connectivity index (χ0v) is 10.6. The molecule has 0 heterocycles. The molecule has 0 aromatic heterocycles. The fourth-order valence-corrected chi connectivity index (χ4v) is 1.43. The summed E-state index contributed by atoms with van der Waals surface area (Å²) in [5, 5.41) is 9.34. The number of benzene rings is 2. The molecular weight excluding hydrogens is 223 g/mol. The van der Waals surface area contributed by atoms with Gasteiger partial charge >= 0.3 is 0 Å². The molecule has 0 aliphatic heterocycles. The first-order valence-electron chi connectivity index (χ1n) is 6.04. The van der Waals surface area contributed by atoms with Gasteiger partial charge in [-0.1, -0.05) is 67.6 Å². The van der Waals surface area contributed by atoms with Crippen molar-refractivity contribution in [1.29, 1.82) is 0 Å². The molecule has 2 aromatic rings. The molecule has 0 aliphatic carbocycles. The lowest BCUT2D eigenvalue weighted by atomic mass is 10.1. The topological polar surface area (TPSA) is 32.3 Å². The van der Waals surface area contributed by atoms with E-state index >= 15 is 0 Å². The van der Waals surface area contributed by atoms with Crippen LogP contribution in [0.4, 0.5) is 0 Å². The van der Waals surface area contributed by atoms with Gasteiger partial charge in [0.2, 0.25) is 0 Å². The Morgan fingerprint density at radius 3 is 1.61 bits per heavy atom. The molecule has 0 spiro atoms. The van der Waals surface area contributed by atoms with Crippen LogP contribution in [0.2, 0.25) is 0 Å². The molecule has 0 N–H and O–H groups in total. The largest absolute Gasteiger partial charge is 0.861 e. The van der Waals surface area contributed by atoms with Crippen LogP contribution in [0.15, 0.2) is 60.7 Å². The van der Waals surface area contributed by atoms with Gasteiger partial charge in [0, 0.05) is 6.61 Å². The summed E-state index contributed by atoms with van der Waals surface area (Å²) in [5.41, 5.74) is 2.55. The first kappa shape index (κ1) is 14.5. The number of rotatable bonds is 4. The van der Waals surface area contributed by atoms with Crippen LogP contribution >= 0.6 is 0 Å². The third-order valence-electron chi connectivity index (χ3n) is 2.27. The van der Waals surface area contributed by atoms with Crippen LogP contribution in [0, 0.1) is 0 Å². The van der Waals surface area contributed by atoms with Gasteiger partial charge in [0.1, 0.15) is 0 Å². The average Bonchev–Trinajstić information content (AvgIpc) is 2.48. The van der Waals surface area contributed by atoms with Crippen molar-refractivity contribution >= 4 is 7.69 Å². The van der Waals surface area contributed by atoms with Gasteiger partial charge in [-0.25, -0.2) is 0 Å². The second-order valence-electron chi connectivity index (χ2n) is 3.70. The Morgan fingerprint density at radius 1 is 0.889 bits per heavy atom. The van der Waals surface area contributed by atoms with Crippen molar-refractivity contribution < 1.29 is 9.68 Å². The van der Waals surface area contributed by atoms with Gasteiger partial charge in [0.15, 0.2) is 7.69 Å². The molecule has 2 aromatic carbocycles. The van der Waals surface area contributed by atoms with Crippen molar-refractivity contribution in [3.63, 3.8) is 0 Å². The highest BCUT2D eigenvalue weighted by molar-refractivity contribution is 6.13. The zero-order valence-electron chi connectivity index (χ0n) is 10.6. The van der Waals surface area contributed by atoms with Gasteiger partial charge in [-0.15, -0.1) is 0 Å². The van der Waals surface area contributed by atoms with Crippen molar-refractivity contribution in [2.75, 3.05) is 6.61 Å². The molecule has 2 nitrogen and oxygen atoms in total. The van der Waals surface area contributed by atoms with Crippen molar-refractivity contribution in [3.8, 4) is 11.1 Å². The molecule has 0 saturated carbocycles. The minimum Gasteiger partial charge on any atom is -0.861 e. The minimum absolute atomic E-state index is 0.462. The Labute approximate surface area is 110 Å². The Bertz CT molecular complexity index is 362. The SMILES string of the molecule is CCCO[B][O-].c1ccc(-c2ccccc2)cc1. The maximum Gasteiger partial charge on any atom is 0.163 e. The van der Waals surface area contributed by atoms with Crippen LogP contribution in [0.1, 0.15) is 13.3 Å². The van der Waals surface area contributed by atoms with Crippen molar-refractivity contribution in [3.05, 3.63) is 60.7 Å². The van der Waals surface area contributed by atoms with Gasteiger partial charge in [-0.3, -0.25) is 0 Å². The van der Waals surface area contributed by atoms with Gasteiger partial charge in [-0.05, 0) is 17.5 Å². The standard InChI is InChI=1S/C12H10.C3H7BO2/c1-3-7-11(8-4-1)12-9-5-2-6-10-12;1-2-3-6-4-5/h1-10H;2-3H2,1H3/q;-1. The summed E-state index contributed by atoms with van der Waals surface area (Å²) in [7, 11) is 0.462. The summed E-state index contributed by atoms with van der Waals surface area (Å²) < 4.78 is 4.30. The molecule has 0 fully saturated rings. The van der Waals surface area contributed by atoms with E-state index in [0.29, 0.717) is 14.3 Å². The van der Waals surface area contributed by atoms with E-state index in [9.17, 15) is 5.02 Å². The van der Waals surface area contributed by atoms with Gasteiger partial charge < -0.3 is 9.68 Å². The van der Waals surface area contributed by atoms with E-state index in [1.807, 2.05) is 19.1 Å². The molecule has 0 aliphatic rings. The molecule has 18 heavy (non-hydrogen) atoms. The third kappa shape index (κ3) is 5.66. The summed E-state index contributed by atoms with van der Waals surface area (Å²) in [6.07, 6.45) is 0.902. The van der Waals surface area contributed by atoms with E-state index < -0.39 is 0 Å². The van der Waals surface area contributed by atoms with Crippen molar-refractivity contribution in [2.45, 2.75) is 13.3 Å². The van der Waals surface area contributed by atoms with E-state index in [4.69, 9.17) is 0 Å². The maximum atomic E-state index is 9.34. The summed E-state index contributed by atoms with van der Waals surface area (Å²) in [6, 6.07) is 20.8. The first-order chi connectivity index (χ1) is 8.88. The van der Waals surface area contributed by atoms with Gasteiger partial charge in [0.05, 0.1) is 0 Å². The predicted octanol–water partition coefficient (Wildman–Crippen LogP) is 2.66. The van der Waals surface area contributed by atoms with E-state index in [-0.39, 0.29) is 0 Å². The monoisotopic (exact) mass is 240 g/mol. The lowest BCUT2D eigenvalue weighted by Gasteiger charge is -2.00. The minimum atomic E-state index is 0.462. The molecule has 3 heteroatoms. The van der Waals surface area contributed by atoms with Crippen LogP contribution < -0.4 is 5.02 Å². The molecule has 2 rings (SSSR count). The highest BCUT2D eigenvalue weighted by Crippen LogP contribution is 2.17. The normalized spacial score (nSPS) is 9.22. The quantitative estimate of drug-likeness (QED) is 0.607. The Hall–Kier alpha value is -1.58. The number of hydrogen-bond acceptors (Lipinski definition) is 2. The van der Waals surface area contributed by atoms with Crippen LogP contribution in [0.3, 0.4) is 0 Å². The summed E-state index contributed by atoms with van der Waals surface area (Å²) in [4.78, 5) is 0. The van der Waals surface area contributed by atoms with Crippen LogP contribution in [-0.2, 0) is 4.65 Å². The summed E-state index contributed by atoms with van der Waals surface area (Å²) in [6.45, 7) is 2.49. The Morgan fingerprint density at radius 2 is 1.33 bits per heavy atom. The Kier molecular flexibility index (Phi) is 7.61. The van der Waals surface area contributed by atoms with Crippen LogP contribution in [0.25, 0.3) is 11.1 Å². The highest BCUT2D eigenvalue weighted by Gasteiger charge is 1.91. The zero-order chi connectivity index (χ0) is 13.1. The molecule has 0 atom stereocenters. The van der Waals surface area contributed by atoms with E-state index in [1.165, 1.54) is 11.1 Å². The van der Waals surface area contributed by atoms with E-state index in [2.05, 4.69) is 53.2 Å². The summed E-state index contributed by atoms with van der Waals surface area (Å²) >= 11 is 0. The lowest BCUT2D eigenvalue weighted by molar-refractivity contribution is -0.206. The molecule has 0 amide bonds. The maximum absolute atomic E-state index is 9.34. The first-order valence-corrected chi connectivity index (χ1v) is 6.04. The van der Waals surface area contributed by atoms with E-state index in [0.717, 1.165) is 6.42 Å².